The molecule has 0 aliphatic carbocycles. The quantitative estimate of drug-likeness (QED) is 0.603. The summed E-state index contributed by atoms with van der Waals surface area (Å²) in [5.41, 5.74) is 0. The molecule has 1 aliphatic rings. The maximum absolute atomic E-state index is 8.93. The van der Waals surface area contributed by atoms with Crippen molar-refractivity contribution in [2.45, 2.75) is 19.4 Å². The number of aliphatic hydroxyl groups excluding tert-OH is 1. The van der Waals surface area contributed by atoms with E-state index in [1.165, 1.54) is 0 Å². The summed E-state index contributed by atoms with van der Waals surface area (Å²) >= 11 is 0. The van der Waals surface area contributed by atoms with Crippen molar-refractivity contribution in [2.75, 3.05) is 13.2 Å². The van der Waals surface area contributed by atoms with E-state index in [1.807, 2.05) is 0 Å². The van der Waals surface area contributed by atoms with Gasteiger partial charge in [0.2, 0.25) is 0 Å². The monoisotopic (exact) mass is 167 g/mol. The Bertz CT molecular complexity index is 175. The lowest BCUT2D eigenvalue weighted by molar-refractivity contribution is 0.266. The molecular weight excluding hydrogens is 150 g/mol. The van der Waals surface area contributed by atoms with Gasteiger partial charge in [0.15, 0.2) is 0 Å². The van der Waals surface area contributed by atoms with Gasteiger partial charge in [-0.25, -0.2) is 0 Å². The Kier molecular flexibility index (Phi) is 4.05. The van der Waals surface area contributed by atoms with E-state index in [0.717, 1.165) is 13.0 Å². The van der Waals surface area contributed by atoms with Gasteiger partial charge in [-0.2, -0.15) is 0 Å². The van der Waals surface area contributed by atoms with Gasteiger partial charge in [-0.15, -0.1) is 0 Å². The molecule has 0 spiro atoms. The largest absolute Gasteiger partial charge is 0.394 e. The Morgan fingerprint density at radius 2 is 2.25 bits per heavy atom. The predicted octanol–water partition coefficient (Wildman–Crippen LogP) is 1.09. The number of rotatable bonds is 2. The van der Waals surface area contributed by atoms with Crippen LogP contribution in [0.3, 0.4) is 0 Å². The number of allylic oxidation sites excluding steroid dienone is 2. The Hall–Kier alpha value is -0.600. The number of hydrogen-bond donors (Lipinski definition) is 2. The second-order valence-electron chi connectivity index (χ2n) is 3.08. The molecule has 0 saturated heterocycles. The summed E-state index contributed by atoms with van der Waals surface area (Å²) in [6.07, 6.45) is 9.67. The maximum Gasteiger partial charge on any atom is 0.0620 e. The van der Waals surface area contributed by atoms with Crippen molar-refractivity contribution in [3.63, 3.8) is 0 Å². The molecule has 1 heterocycles. The van der Waals surface area contributed by atoms with Gasteiger partial charge in [0.25, 0.3) is 0 Å². The van der Waals surface area contributed by atoms with Crippen LogP contribution in [-0.4, -0.2) is 24.3 Å². The van der Waals surface area contributed by atoms with E-state index in [1.54, 1.807) is 0 Å². The van der Waals surface area contributed by atoms with Crippen molar-refractivity contribution in [1.82, 2.24) is 5.32 Å². The predicted molar refractivity (Wildman–Crippen MR) is 50.9 cm³/mol. The van der Waals surface area contributed by atoms with Crippen molar-refractivity contribution in [1.29, 1.82) is 0 Å². The zero-order valence-electron chi connectivity index (χ0n) is 7.53. The highest BCUT2D eigenvalue weighted by molar-refractivity contribution is 5.07. The van der Waals surface area contributed by atoms with Crippen molar-refractivity contribution in [3.05, 3.63) is 24.3 Å². The van der Waals surface area contributed by atoms with E-state index < -0.39 is 0 Å². The molecule has 2 unspecified atom stereocenters. The fourth-order valence-electron chi connectivity index (χ4n) is 1.27. The summed E-state index contributed by atoms with van der Waals surface area (Å²) in [7, 11) is 0. The minimum Gasteiger partial charge on any atom is -0.394 e. The summed E-state index contributed by atoms with van der Waals surface area (Å²) in [6, 6.07) is 0.129. The van der Waals surface area contributed by atoms with E-state index in [9.17, 15) is 0 Å². The first kappa shape index (κ1) is 9.49. The van der Waals surface area contributed by atoms with E-state index in [-0.39, 0.29) is 12.6 Å². The first-order chi connectivity index (χ1) is 5.86. The van der Waals surface area contributed by atoms with Crippen LogP contribution in [-0.2, 0) is 0 Å². The third-order valence-electron chi connectivity index (χ3n) is 2.14. The molecule has 0 aromatic carbocycles. The summed E-state index contributed by atoms with van der Waals surface area (Å²) in [4.78, 5) is 0. The lowest BCUT2D eigenvalue weighted by atomic mass is 10.0. The van der Waals surface area contributed by atoms with Crippen LogP contribution in [0, 0.1) is 5.92 Å². The number of nitrogens with one attached hydrogen (secondary N) is 1. The molecule has 0 saturated carbocycles. The Balaban J connectivity index is 2.53. The van der Waals surface area contributed by atoms with Gasteiger partial charge < -0.3 is 10.4 Å². The van der Waals surface area contributed by atoms with Crippen LogP contribution < -0.4 is 5.32 Å². The number of hydrogen-bond acceptors (Lipinski definition) is 2. The Morgan fingerprint density at radius 1 is 1.42 bits per heavy atom. The fourth-order valence-corrected chi connectivity index (χ4v) is 1.27. The van der Waals surface area contributed by atoms with Gasteiger partial charge in [-0.05, 0) is 12.3 Å². The van der Waals surface area contributed by atoms with Crippen LogP contribution in [0.25, 0.3) is 0 Å². The van der Waals surface area contributed by atoms with E-state index in [2.05, 4.69) is 36.5 Å². The molecule has 2 heteroatoms. The van der Waals surface area contributed by atoms with Crippen molar-refractivity contribution in [3.8, 4) is 0 Å². The average Bonchev–Trinajstić information content (AvgIpc) is 2.05. The van der Waals surface area contributed by atoms with Crippen molar-refractivity contribution in [2.24, 2.45) is 5.92 Å². The van der Waals surface area contributed by atoms with Crippen LogP contribution in [0.2, 0.25) is 0 Å². The SMILES string of the molecule is CCC1/C=C\CNC(CO)/C=C\1. The van der Waals surface area contributed by atoms with Crippen LogP contribution in [0.1, 0.15) is 13.3 Å². The third kappa shape index (κ3) is 2.80. The number of aliphatic hydroxyl groups is 1. The molecule has 12 heavy (non-hydrogen) atoms. The molecule has 2 atom stereocenters. The second-order valence-corrected chi connectivity index (χ2v) is 3.08. The zero-order chi connectivity index (χ0) is 8.81. The van der Waals surface area contributed by atoms with Crippen molar-refractivity contribution >= 4 is 0 Å². The molecule has 0 aromatic heterocycles. The molecule has 0 amide bonds. The van der Waals surface area contributed by atoms with Crippen LogP contribution in [0.15, 0.2) is 24.3 Å². The molecule has 1 aliphatic heterocycles. The highest BCUT2D eigenvalue weighted by atomic mass is 16.3. The van der Waals surface area contributed by atoms with E-state index in [0.29, 0.717) is 5.92 Å². The van der Waals surface area contributed by atoms with Gasteiger partial charge in [0.1, 0.15) is 0 Å². The molecule has 0 radical (unpaired) electrons. The summed E-state index contributed by atoms with van der Waals surface area (Å²) in [5, 5.41) is 12.1. The average molecular weight is 167 g/mol. The molecule has 2 N–H and O–H groups in total. The summed E-state index contributed by atoms with van der Waals surface area (Å²) < 4.78 is 0. The first-order valence-corrected chi connectivity index (χ1v) is 4.56. The molecule has 0 aromatic rings. The minimum absolute atomic E-state index is 0.129. The van der Waals surface area contributed by atoms with E-state index >= 15 is 0 Å². The van der Waals surface area contributed by atoms with Gasteiger partial charge in [-0.1, -0.05) is 31.2 Å². The Morgan fingerprint density at radius 3 is 2.92 bits per heavy atom. The third-order valence-corrected chi connectivity index (χ3v) is 2.14. The summed E-state index contributed by atoms with van der Waals surface area (Å²) in [6.45, 7) is 3.20. The summed E-state index contributed by atoms with van der Waals surface area (Å²) in [5.74, 6) is 0.543. The van der Waals surface area contributed by atoms with Crippen molar-refractivity contribution < 1.29 is 5.11 Å². The fraction of sp³-hybridized carbons (Fsp3) is 0.600. The van der Waals surface area contributed by atoms with Gasteiger partial charge in [-0.3, -0.25) is 0 Å². The van der Waals surface area contributed by atoms with Gasteiger partial charge in [0.05, 0.1) is 6.61 Å². The molecule has 0 fully saturated rings. The standard InChI is InChI=1S/C10H17NO/c1-2-9-4-3-7-11-10(8-12)6-5-9/h3-6,9-12H,2,7-8H2,1H3/b4-3-,6-5-. The zero-order valence-corrected chi connectivity index (χ0v) is 7.53. The maximum atomic E-state index is 8.93. The highest BCUT2D eigenvalue weighted by Gasteiger charge is 2.04. The Labute approximate surface area is 74.0 Å². The molecule has 68 valence electrons. The van der Waals surface area contributed by atoms with E-state index in [4.69, 9.17) is 5.11 Å². The topological polar surface area (TPSA) is 32.3 Å². The highest BCUT2D eigenvalue weighted by Crippen LogP contribution is 2.08. The minimum atomic E-state index is 0.129. The smallest absolute Gasteiger partial charge is 0.0620 e. The van der Waals surface area contributed by atoms with Gasteiger partial charge in [0, 0.05) is 12.6 Å². The lowest BCUT2D eigenvalue weighted by Gasteiger charge is -2.14. The lowest BCUT2D eigenvalue weighted by Crippen LogP contribution is -2.31. The van der Waals surface area contributed by atoms with Gasteiger partial charge >= 0.3 is 0 Å². The van der Waals surface area contributed by atoms with Crippen LogP contribution >= 0.6 is 0 Å². The second kappa shape index (κ2) is 5.12. The normalized spacial score (nSPS) is 35.2. The molecule has 1 rings (SSSR count). The first-order valence-electron chi connectivity index (χ1n) is 4.56. The molecule has 0 bridgehead atoms. The van der Waals surface area contributed by atoms with Crippen LogP contribution in [0.4, 0.5) is 0 Å². The molecule has 2 nitrogen and oxygen atoms in total. The molecular formula is C10H17NO. The van der Waals surface area contributed by atoms with Crippen LogP contribution in [0.5, 0.6) is 0 Å².